The maximum absolute atomic E-state index is 13.2. The zero-order chi connectivity index (χ0) is 17.8. The largest absolute Gasteiger partial charge is 0.326 e. The molecule has 0 fully saturated rings. The lowest BCUT2D eigenvalue weighted by Crippen LogP contribution is -2.17. The molecule has 2 aromatic carbocycles. The highest BCUT2D eigenvalue weighted by Gasteiger charge is 2.09. The van der Waals surface area contributed by atoms with E-state index >= 15 is 0 Å². The molecule has 0 saturated heterocycles. The number of aromatic nitrogens is 1. The van der Waals surface area contributed by atoms with Crippen LogP contribution in [0.4, 0.5) is 10.1 Å². The number of aryl methyl sites for hydroxylation is 2. The number of benzene rings is 2. The molecule has 0 saturated carbocycles. The molecule has 0 aliphatic carbocycles. The molecule has 3 aromatic rings. The number of hydrogen-bond donors (Lipinski definition) is 2. The van der Waals surface area contributed by atoms with Gasteiger partial charge in [-0.05, 0) is 54.1 Å². The molecule has 4 nitrogen and oxygen atoms in total. The van der Waals surface area contributed by atoms with E-state index in [4.69, 9.17) is 0 Å². The summed E-state index contributed by atoms with van der Waals surface area (Å²) >= 11 is 0. The first-order valence-electron chi connectivity index (χ1n) is 8.26. The van der Waals surface area contributed by atoms with Crippen molar-refractivity contribution in [3.63, 3.8) is 0 Å². The third-order valence-electron chi connectivity index (χ3n) is 4.18. The zero-order valence-corrected chi connectivity index (χ0v) is 13.9. The van der Waals surface area contributed by atoms with Gasteiger partial charge in [0.1, 0.15) is 5.82 Å². The highest BCUT2D eigenvalue weighted by Crippen LogP contribution is 2.16. The number of pyridine rings is 1. The van der Waals surface area contributed by atoms with Crippen LogP contribution in [0.15, 0.2) is 53.3 Å². The molecular formula is C20H19FN2O2. The van der Waals surface area contributed by atoms with Gasteiger partial charge >= 0.3 is 0 Å². The minimum Gasteiger partial charge on any atom is -0.326 e. The van der Waals surface area contributed by atoms with Gasteiger partial charge in [-0.1, -0.05) is 25.1 Å². The molecule has 0 aliphatic rings. The Morgan fingerprint density at radius 3 is 2.72 bits per heavy atom. The number of carbonyl (C=O) groups is 1. The molecule has 1 heterocycles. The summed E-state index contributed by atoms with van der Waals surface area (Å²) in [6, 6.07) is 13.6. The molecule has 0 aliphatic heterocycles. The van der Waals surface area contributed by atoms with E-state index in [1.54, 1.807) is 12.1 Å². The van der Waals surface area contributed by atoms with Crippen LogP contribution < -0.4 is 10.9 Å². The van der Waals surface area contributed by atoms with Crippen molar-refractivity contribution >= 4 is 22.5 Å². The number of aromatic amines is 1. The van der Waals surface area contributed by atoms with E-state index in [0.29, 0.717) is 17.5 Å². The van der Waals surface area contributed by atoms with Crippen LogP contribution in [0, 0.1) is 5.82 Å². The zero-order valence-electron chi connectivity index (χ0n) is 13.9. The lowest BCUT2D eigenvalue weighted by atomic mass is 10.1. The van der Waals surface area contributed by atoms with Crippen LogP contribution in [0.3, 0.4) is 0 Å². The normalized spacial score (nSPS) is 10.8. The van der Waals surface area contributed by atoms with Gasteiger partial charge in [0, 0.05) is 17.7 Å². The van der Waals surface area contributed by atoms with E-state index in [2.05, 4.69) is 10.3 Å². The van der Waals surface area contributed by atoms with E-state index < -0.39 is 5.82 Å². The van der Waals surface area contributed by atoms with Crippen molar-refractivity contribution in [3.05, 3.63) is 75.8 Å². The number of hydrogen-bond acceptors (Lipinski definition) is 2. The summed E-state index contributed by atoms with van der Waals surface area (Å²) in [6.07, 6.45) is 1.36. The van der Waals surface area contributed by atoms with Gasteiger partial charge in [-0.2, -0.15) is 0 Å². The quantitative estimate of drug-likeness (QED) is 0.743. The summed E-state index contributed by atoms with van der Waals surface area (Å²) in [4.78, 5) is 27.0. The predicted molar refractivity (Wildman–Crippen MR) is 97.3 cm³/mol. The number of amides is 1. The second-order valence-electron chi connectivity index (χ2n) is 5.91. The van der Waals surface area contributed by atoms with Crippen molar-refractivity contribution in [2.24, 2.45) is 0 Å². The molecule has 0 unspecified atom stereocenters. The Balaban J connectivity index is 1.72. The average molecular weight is 338 g/mol. The average Bonchev–Trinajstić information content (AvgIpc) is 2.60. The van der Waals surface area contributed by atoms with Gasteiger partial charge in [0.25, 0.3) is 5.56 Å². The molecule has 5 heteroatoms. The van der Waals surface area contributed by atoms with Crippen LogP contribution in [0.5, 0.6) is 0 Å². The molecule has 0 spiro atoms. The third kappa shape index (κ3) is 3.94. The van der Waals surface area contributed by atoms with Crippen LogP contribution in [0.1, 0.15) is 24.5 Å². The van der Waals surface area contributed by atoms with E-state index in [1.165, 1.54) is 12.1 Å². The third-order valence-corrected chi connectivity index (χ3v) is 4.18. The van der Waals surface area contributed by atoms with Gasteiger partial charge in [-0.25, -0.2) is 4.39 Å². The number of carbonyl (C=O) groups excluding carboxylic acids is 1. The topological polar surface area (TPSA) is 62.0 Å². The number of anilines is 1. The van der Waals surface area contributed by atoms with Gasteiger partial charge in [0.2, 0.25) is 5.91 Å². The van der Waals surface area contributed by atoms with Crippen molar-refractivity contribution in [1.29, 1.82) is 0 Å². The number of fused-ring (bicyclic) bond motifs is 1. The summed E-state index contributed by atoms with van der Waals surface area (Å²) in [7, 11) is 0. The molecule has 3 rings (SSSR count). The molecule has 128 valence electrons. The number of halogens is 1. The smallest absolute Gasteiger partial charge is 0.251 e. The monoisotopic (exact) mass is 338 g/mol. The van der Waals surface area contributed by atoms with Gasteiger partial charge in [-0.3, -0.25) is 9.59 Å². The second kappa shape index (κ2) is 7.30. The van der Waals surface area contributed by atoms with Gasteiger partial charge in [0.05, 0.1) is 5.52 Å². The van der Waals surface area contributed by atoms with E-state index in [9.17, 15) is 14.0 Å². The maximum atomic E-state index is 13.2. The molecule has 1 aromatic heterocycles. The van der Waals surface area contributed by atoms with Crippen LogP contribution in [-0.4, -0.2) is 10.9 Å². The highest BCUT2D eigenvalue weighted by molar-refractivity contribution is 5.91. The van der Waals surface area contributed by atoms with Crippen molar-refractivity contribution in [2.45, 2.75) is 26.2 Å². The molecule has 1 amide bonds. The maximum Gasteiger partial charge on any atom is 0.251 e. The molecular weight excluding hydrogens is 319 g/mol. The first kappa shape index (κ1) is 16.9. The van der Waals surface area contributed by atoms with Crippen LogP contribution in [0.2, 0.25) is 0 Å². The Bertz CT molecular complexity index is 979. The Hall–Kier alpha value is -2.95. The van der Waals surface area contributed by atoms with Crippen LogP contribution in [0.25, 0.3) is 10.9 Å². The fraction of sp³-hybridized carbons (Fsp3) is 0.200. The van der Waals surface area contributed by atoms with Gasteiger partial charge in [0.15, 0.2) is 0 Å². The molecule has 0 radical (unpaired) electrons. The molecule has 2 N–H and O–H groups in total. The van der Waals surface area contributed by atoms with E-state index in [-0.39, 0.29) is 17.9 Å². The van der Waals surface area contributed by atoms with Crippen molar-refractivity contribution in [3.8, 4) is 0 Å². The van der Waals surface area contributed by atoms with Gasteiger partial charge in [-0.15, -0.1) is 0 Å². The number of para-hydroxylation sites is 1. The first-order chi connectivity index (χ1) is 12.1. The second-order valence-corrected chi connectivity index (χ2v) is 5.91. The van der Waals surface area contributed by atoms with E-state index in [1.807, 2.05) is 31.2 Å². The Morgan fingerprint density at radius 1 is 1.12 bits per heavy atom. The Morgan fingerprint density at radius 2 is 1.92 bits per heavy atom. The summed E-state index contributed by atoms with van der Waals surface area (Å²) in [5.41, 5.74) is 2.55. The highest BCUT2D eigenvalue weighted by atomic mass is 19.1. The molecule has 25 heavy (non-hydrogen) atoms. The minimum atomic E-state index is -0.398. The Labute approximate surface area is 144 Å². The van der Waals surface area contributed by atoms with Crippen molar-refractivity contribution < 1.29 is 9.18 Å². The minimum absolute atomic E-state index is 0.139. The molecule has 0 bridgehead atoms. The Kier molecular flexibility index (Phi) is 4.93. The summed E-state index contributed by atoms with van der Waals surface area (Å²) in [5, 5.41) is 3.64. The summed E-state index contributed by atoms with van der Waals surface area (Å²) < 4.78 is 13.2. The fourth-order valence-electron chi connectivity index (χ4n) is 2.82. The summed E-state index contributed by atoms with van der Waals surface area (Å²) in [5.74, 6) is -0.538. The van der Waals surface area contributed by atoms with Crippen LogP contribution in [-0.2, 0) is 17.6 Å². The number of rotatable bonds is 5. The fourth-order valence-corrected chi connectivity index (χ4v) is 2.82. The van der Waals surface area contributed by atoms with Gasteiger partial charge < -0.3 is 10.3 Å². The molecule has 0 atom stereocenters. The lowest BCUT2D eigenvalue weighted by Gasteiger charge is -2.09. The first-order valence-corrected chi connectivity index (χ1v) is 8.26. The van der Waals surface area contributed by atoms with Crippen molar-refractivity contribution in [2.75, 3.05) is 5.32 Å². The van der Waals surface area contributed by atoms with Crippen molar-refractivity contribution in [1.82, 2.24) is 4.98 Å². The van der Waals surface area contributed by atoms with Crippen LogP contribution >= 0.6 is 0 Å². The van der Waals surface area contributed by atoms with E-state index in [0.717, 1.165) is 23.1 Å². The predicted octanol–water partition coefficient (Wildman–Crippen LogP) is 3.80. The SMILES string of the molecule is CCc1ccccc1NC(=O)CCc1cc2ccc(F)cc2[nH]c1=O. The standard InChI is InChI=1S/C20H19FN2O2/c1-2-13-5-3-4-6-17(13)22-19(24)10-8-15-11-14-7-9-16(21)12-18(14)23-20(15)25/h3-7,9,11-12H,2,8,10H2,1H3,(H,22,24)(H,23,25). The summed E-state index contributed by atoms with van der Waals surface area (Å²) in [6.45, 7) is 2.03. The number of nitrogens with one attached hydrogen (secondary N) is 2. The number of H-pyrrole nitrogens is 1. The lowest BCUT2D eigenvalue weighted by molar-refractivity contribution is -0.116.